The van der Waals surface area contributed by atoms with Crippen LogP contribution in [0.3, 0.4) is 0 Å². The van der Waals surface area contributed by atoms with E-state index in [2.05, 4.69) is 309 Å². The largest absolute Gasteiger partial charge is 0.454 e. The topological polar surface area (TPSA) is 24.6 Å². The van der Waals surface area contributed by atoms with Crippen LogP contribution < -0.4 is 26.2 Å². The molecule has 406 valence electrons. The van der Waals surface area contributed by atoms with Crippen LogP contribution in [-0.4, -0.2) is 11.3 Å². The third-order valence-corrected chi connectivity index (χ3v) is 18.1. The molecule has 4 nitrogen and oxygen atoms in total. The number of nitrogens with zero attached hydrogens (tertiary/aromatic N) is 3. The predicted molar refractivity (Wildman–Crippen MR) is 361 cm³/mol. The average Bonchev–Trinajstić information content (AvgIpc) is 0.875. The summed E-state index contributed by atoms with van der Waals surface area (Å²) < 4.78 is 9.81. The van der Waals surface area contributed by atoms with Crippen molar-refractivity contribution < 1.29 is 4.42 Å². The molecule has 0 bridgehead atoms. The van der Waals surface area contributed by atoms with E-state index in [0.29, 0.717) is 0 Å². The Morgan fingerprint density at radius 1 is 0.400 bits per heavy atom. The summed E-state index contributed by atoms with van der Waals surface area (Å²) >= 11 is 0. The minimum Gasteiger partial charge on any atom is -0.454 e. The number of aryl methyl sites for hydroxylation is 1. The van der Waals surface area contributed by atoms with Gasteiger partial charge in [0.05, 0.1) is 22.4 Å². The molecule has 0 fully saturated rings. The van der Waals surface area contributed by atoms with Gasteiger partial charge in [-0.1, -0.05) is 240 Å². The zero-order valence-corrected chi connectivity index (χ0v) is 48.4. The highest BCUT2D eigenvalue weighted by molar-refractivity contribution is 7.00. The van der Waals surface area contributed by atoms with E-state index in [9.17, 15) is 0 Å². The van der Waals surface area contributed by atoms with E-state index in [-0.39, 0.29) is 12.1 Å². The number of para-hydroxylation sites is 3. The third-order valence-electron chi connectivity index (χ3n) is 18.1. The maximum absolute atomic E-state index is 7.33. The Morgan fingerprint density at radius 2 is 0.941 bits per heavy atom. The average molecular weight is 1090 g/mol. The molecule has 2 aliphatic rings. The number of hydrogen-bond donors (Lipinski definition) is 0. The van der Waals surface area contributed by atoms with Gasteiger partial charge in [-0.15, -0.1) is 0 Å². The van der Waals surface area contributed by atoms with Crippen molar-refractivity contribution in [3.05, 3.63) is 278 Å². The Bertz CT molecular complexity index is 4810. The van der Waals surface area contributed by atoms with Gasteiger partial charge < -0.3 is 18.8 Å². The van der Waals surface area contributed by atoms with Gasteiger partial charge in [0.1, 0.15) is 5.58 Å². The molecule has 0 spiro atoms. The van der Waals surface area contributed by atoms with E-state index >= 15 is 0 Å². The summed E-state index contributed by atoms with van der Waals surface area (Å²) in [5.74, 6) is 0. The summed E-state index contributed by atoms with van der Waals surface area (Å²) in [4.78, 5) is 5.33. The number of fused-ring (bicyclic) bond motifs is 10. The number of aromatic nitrogens is 1. The molecule has 14 aromatic rings. The highest BCUT2D eigenvalue weighted by Crippen LogP contribution is 2.54. The Hall–Kier alpha value is -10.1. The van der Waals surface area contributed by atoms with Crippen molar-refractivity contribution >= 4 is 101 Å². The first-order valence-electron chi connectivity index (χ1n) is 30.2. The minimum absolute atomic E-state index is 0.176. The van der Waals surface area contributed by atoms with Crippen molar-refractivity contribution in [3.8, 4) is 50.2 Å². The fourth-order valence-corrected chi connectivity index (χ4v) is 14.0. The maximum atomic E-state index is 7.33. The molecular formula is C80H62BN3O. The first kappa shape index (κ1) is 50.6. The summed E-state index contributed by atoms with van der Waals surface area (Å²) in [7, 11) is 0. The molecule has 2 aliphatic heterocycles. The number of hydrogen-bond acceptors (Lipinski definition) is 3. The van der Waals surface area contributed by atoms with Crippen LogP contribution in [0.15, 0.2) is 271 Å². The lowest BCUT2D eigenvalue weighted by atomic mass is 9.33. The van der Waals surface area contributed by atoms with Crippen LogP contribution in [0.1, 0.15) is 51.7 Å². The van der Waals surface area contributed by atoms with Crippen molar-refractivity contribution in [2.45, 2.75) is 52.4 Å². The van der Waals surface area contributed by atoms with E-state index in [1.807, 2.05) is 0 Å². The standard InChI is InChI=1S/C80H62BN3O/c1-5-6-25-56-40-43-64-63-36-21-24-39-75(63)85-79(64)77(56)84-72-51-60(82-69-37-22-19-34-61(69)62-35-20-23-38-70(62)82)42-44-67(72)81-68-48-57(52-26-11-7-12-27-52)41-45-71(68)83(73-49-59(80(2,3)4)50-74(84)76(73)81)78-65(54-30-15-9-16-31-54)46-58(53-28-13-8-14-29-53)47-66(78)55-32-17-10-18-33-55/h7-24,26-51H,5-6,25H2,1-4H3. The van der Waals surface area contributed by atoms with Gasteiger partial charge in [-0.2, -0.15) is 0 Å². The Balaban J connectivity index is 1.08. The molecule has 12 aromatic carbocycles. The molecule has 0 N–H and O–H groups in total. The first-order chi connectivity index (χ1) is 41.8. The van der Waals surface area contributed by atoms with Gasteiger partial charge in [0.2, 0.25) is 0 Å². The minimum atomic E-state index is -0.265. The second-order valence-electron chi connectivity index (χ2n) is 24.2. The van der Waals surface area contributed by atoms with Crippen LogP contribution in [0, 0.1) is 0 Å². The number of anilines is 6. The summed E-state index contributed by atoms with van der Waals surface area (Å²) in [6.45, 7) is 9.25. The van der Waals surface area contributed by atoms with E-state index < -0.39 is 0 Å². The molecule has 0 unspecified atom stereocenters. The number of benzene rings is 12. The van der Waals surface area contributed by atoms with Crippen LogP contribution >= 0.6 is 0 Å². The lowest BCUT2D eigenvalue weighted by molar-refractivity contribution is 0.590. The Kier molecular flexibility index (Phi) is 12.0. The molecule has 85 heavy (non-hydrogen) atoms. The summed E-state index contributed by atoms with van der Waals surface area (Å²) in [6, 6.07) is 99.7. The second kappa shape index (κ2) is 20.1. The summed E-state index contributed by atoms with van der Waals surface area (Å²) in [6.07, 6.45) is 3.00. The fourth-order valence-electron chi connectivity index (χ4n) is 14.0. The fraction of sp³-hybridized carbons (Fsp3) is 0.100. The van der Waals surface area contributed by atoms with Crippen molar-refractivity contribution in [3.63, 3.8) is 0 Å². The van der Waals surface area contributed by atoms with Gasteiger partial charge in [0.15, 0.2) is 5.58 Å². The Labute approximate surface area is 497 Å². The molecule has 0 saturated heterocycles. The van der Waals surface area contributed by atoms with Gasteiger partial charge in [-0.05, 0) is 140 Å². The first-order valence-corrected chi connectivity index (χ1v) is 30.2. The maximum Gasteiger partial charge on any atom is 0.252 e. The normalized spacial score (nSPS) is 12.8. The van der Waals surface area contributed by atoms with Gasteiger partial charge >= 0.3 is 0 Å². The molecular weight excluding hydrogens is 1030 g/mol. The molecule has 0 amide bonds. The van der Waals surface area contributed by atoms with E-state index in [1.54, 1.807) is 0 Å². The third kappa shape index (κ3) is 8.20. The number of rotatable bonds is 10. The highest BCUT2D eigenvalue weighted by atomic mass is 16.3. The molecule has 2 aromatic heterocycles. The van der Waals surface area contributed by atoms with Gasteiger partial charge in [-0.3, -0.25) is 0 Å². The van der Waals surface area contributed by atoms with Crippen LogP contribution in [0.25, 0.3) is 93.9 Å². The highest BCUT2D eigenvalue weighted by Gasteiger charge is 2.46. The lowest BCUT2D eigenvalue weighted by Crippen LogP contribution is -2.61. The molecule has 4 heterocycles. The van der Waals surface area contributed by atoms with Crippen LogP contribution in [0.4, 0.5) is 34.1 Å². The molecule has 0 aliphatic carbocycles. The van der Waals surface area contributed by atoms with Gasteiger partial charge in [0, 0.05) is 61.1 Å². The van der Waals surface area contributed by atoms with Crippen LogP contribution in [0.5, 0.6) is 0 Å². The van der Waals surface area contributed by atoms with Crippen molar-refractivity contribution in [1.82, 2.24) is 4.57 Å². The van der Waals surface area contributed by atoms with Crippen molar-refractivity contribution in [2.75, 3.05) is 9.80 Å². The van der Waals surface area contributed by atoms with Gasteiger partial charge in [-0.25, -0.2) is 0 Å². The molecule has 5 heteroatoms. The quantitative estimate of drug-likeness (QED) is 0.128. The zero-order valence-electron chi connectivity index (χ0n) is 48.4. The molecule has 0 saturated carbocycles. The molecule has 0 atom stereocenters. The second-order valence-corrected chi connectivity index (χ2v) is 24.2. The van der Waals surface area contributed by atoms with Crippen LogP contribution in [-0.2, 0) is 11.8 Å². The summed E-state index contributed by atoms with van der Waals surface area (Å²) in [5.41, 5.74) is 27.5. The Morgan fingerprint density at radius 3 is 1.54 bits per heavy atom. The summed E-state index contributed by atoms with van der Waals surface area (Å²) in [5, 5.41) is 4.71. The smallest absolute Gasteiger partial charge is 0.252 e. The zero-order chi connectivity index (χ0) is 56.9. The monoisotopic (exact) mass is 1090 g/mol. The van der Waals surface area contributed by atoms with E-state index in [0.717, 1.165) is 97.6 Å². The molecule has 16 rings (SSSR count). The van der Waals surface area contributed by atoms with E-state index in [4.69, 9.17) is 4.42 Å². The lowest BCUT2D eigenvalue weighted by Gasteiger charge is -2.46. The van der Waals surface area contributed by atoms with Gasteiger partial charge in [0.25, 0.3) is 6.71 Å². The number of unbranched alkanes of at least 4 members (excludes halogenated alkanes) is 1. The van der Waals surface area contributed by atoms with Crippen LogP contribution in [0.2, 0.25) is 0 Å². The van der Waals surface area contributed by atoms with Crippen molar-refractivity contribution in [2.24, 2.45) is 0 Å². The molecule has 0 radical (unpaired) electrons. The van der Waals surface area contributed by atoms with E-state index in [1.165, 1.54) is 77.3 Å². The SMILES string of the molecule is CCCCc1ccc2c(oc3ccccc32)c1N1c2cc(-n3c4ccccc4c4ccccc43)ccc2B2c3cc(-c4ccccc4)ccc3N(c3c(-c4ccccc4)cc(-c4ccccc4)cc3-c3ccccc3)c3cc(C(C)(C)C)cc1c32. The van der Waals surface area contributed by atoms with Crippen molar-refractivity contribution in [1.29, 1.82) is 0 Å². The number of furan rings is 1. The predicted octanol–water partition coefficient (Wildman–Crippen LogP) is 20.1.